The first-order valence-corrected chi connectivity index (χ1v) is 11.1. The van der Waals surface area contributed by atoms with E-state index in [0.29, 0.717) is 25.8 Å². The lowest BCUT2D eigenvalue weighted by molar-refractivity contribution is -0.144. The number of carboxylic acid groups (broad SMARTS) is 2. The van der Waals surface area contributed by atoms with Crippen molar-refractivity contribution in [2.75, 3.05) is 6.54 Å². The molecule has 0 aromatic rings. The quantitative estimate of drug-likeness (QED) is 0.139. The van der Waals surface area contributed by atoms with Crippen molar-refractivity contribution >= 4 is 29.7 Å². The van der Waals surface area contributed by atoms with E-state index in [0.717, 1.165) is 0 Å². The molecule has 12 heteroatoms. The number of hydrogen-bond acceptors (Lipinski definition) is 7. The standard InChI is InChI=1S/C21H39N5O7/c1-11(2)9-14(24-18(29)13(23)7-5-6-8-22)19(30)25-15(10-16(27)28)20(31)26-17(12(3)4)21(32)33/h11-15,17H,5-10,22-23H2,1-4H3,(H,24,29)(H,25,30)(H,26,31)(H,27,28)(H,32,33). The van der Waals surface area contributed by atoms with Crippen LogP contribution in [-0.2, 0) is 24.0 Å². The van der Waals surface area contributed by atoms with Crippen LogP contribution in [0.5, 0.6) is 0 Å². The molecule has 3 amide bonds. The Morgan fingerprint density at radius 2 is 1.36 bits per heavy atom. The number of unbranched alkanes of at least 4 members (excludes halogenated alkanes) is 1. The molecular formula is C21H39N5O7. The van der Waals surface area contributed by atoms with Gasteiger partial charge in [0.15, 0.2) is 0 Å². The molecule has 33 heavy (non-hydrogen) atoms. The summed E-state index contributed by atoms with van der Waals surface area (Å²) in [5.41, 5.74) is 11.3. The third-order valence-electron chi connectivity index (χ3n) is 4.89. The molecule has 0 rings (SSSR count). The smallest absolute Gasteiger partial charge is 0.326 e. The van der Waals surface area contributed by atoms with E-state index >= 15 is 0 Å². The number of carbonyl (C=O) groups is 5. The van der Waals surface area contributed by atoms with Gasteiger partial charge in [0.25, 0.3) is 0 Å². The van der Waals surface area contributed by atoms with Crippen molar-refractivity contribution in [3.05, 3.63) is 0 Å². The fraction of sp³-hybridized carbons (Fsp3) is 0.762. The van der Waals surface area contributed by atoms with Crippen LogP contribution in [-0.4, -0.2) is 70.6 Å². The lowest BCUT2D eigenvalue weighted by atomic mass is 10.0. The Kier molecular flexibility index (Phi) is 13.9. The molecular weight excluding hydrogens is 434 g/mol. The first-order chi connectivity index (χ1) is 15.3. The number of nitrogens with one attached hydrogen (secondary N) is 3. The SMILES string of the molecule is CC(C)CC(NC(=O)C(N)CCCCN)C(=O)NC(CC(=O)O)C(=O)NC(C(=O)O)C(C)C. The minimum atomic E-state index is -1.53. The summed E-state index contributed by atoms with van der Waals surface area (Å²) in [4.78, 5) is 60.5. The molecule has 9 N–H and O–H groups in total. The Labute approximate surface area is 194 Å². The summed E-state index contributed by atoms with van der Waals surface area (Å²) in [6.45, 7) is 7.28. The Hall–Kier alpha value is -2.73. The van der Waals surface area contributed by atoms with Gasteiger partial charge >= 0.3 is 11.9 Å². The fourth-order valence-electron chi connectivity index (χ4n) is 3.04. The first-order valence-electron chi connectivity index (χ1n) is 11.1. The predicted molar refractivity (Wildman–Crippen MR) is 121 cm³/mol. The molecule has 190 valence electrons. The molecule has 0 saturated carbocycles. The van der Waals surface area contributed by atoms with Crippen LogP contribution < -0.4 is 27.4 Å². The number of carboxylic acids is 2. The molecule has 12 nitrogen and oxygen atoms in total. The van der Waals surface area contributed by atoms with E-state index in [1.807, 2.05) is 13.8 Å². The summed E-state index contributed by atoms with van der Waals surface area (Å²) in [5.74, 6) is -5.38. The summed E-state index contributed by atoms with van der Waals surface area (Å²) in [6.07, 6.45) is 1.19. The molecule has 4 atom stereocenters. The van der Waals surface area contributed by atoms with Crippen LogP contribution in [0.25, 0.3) is 0 Å². The molecule has 0 aliphatic rings. The van der Waals surface area contributed by atoms with Gasteiger partial charge in [0, 0.05) is 0 Å². The van der Waals surface area contributed by atoms with Gasteiger partial charge in [0.2, 0.25) is 17.7 Å². The molecule has 0 fully saturated rings. The number of amides is 3. The maximum Gasteiger partial charge on any atom is 0.326 e. The zero-order chi connectivity index (χ0) is 25.7. The van der Waals surface area contributed by atoms with Crippen molar-refractivity contribution < 1.29 is 34.2 Å². The van der Waals surface area contributed by atoms with Crippen molar-refractivity contribution in [2.24, 2.45) is 23.3 Å². The van der Waals surface area contributed by atoms with E-state index in [9.17, 15) is 29.1 Å². The van der Waals surface area contributed by atoms with E-state index in [1.54, 1.807) is 13.8 Å². The van der Waals surface area contributed by atoms with Gasteiger partial charge in [-0.2, -0.15) is 0 Å². The second-order valence-corrected chi connectivity index (χ2v) is 8.81. The van der Waals surface area contributed by atoms with Crippen molar-refractivity contribution in [1.82, 2.24) is 16.0 Å². The highest BCUT2D eigenvalue weighted by Crippen LogP contribution is 2.09. The van der Waals surface area contributed by atoms with Gasteiger partial charge in [-0.15, -0.1) is 0 Å². The average Bonchev–Trinajstić information content (AvgIpc) is 2.69. The van der Waals surface area contributed by atoms with E-state index in [-0.39, 0.29) is 12.3 Å². The Bertz CT molecular complexity index is 684. The Balaban J connectivity index is 5.43. The monoisotopic (exact) mass is 473 g/mol. The van der Waals surface area contributed by atoms with Crippen LogP contribution in [0.3, 0.4) is 0 Å². The van der Waals surface area contributed by atoms with Crippen LogP contribution in [0, 0.1) is 11.8 Å². The molecule has 0 spiro atoms. The van der Waals surface area contributed by atoms with Crippen LogP contribution in [0.1, 0.15) is 59.8 Å². The highest BCUT2D eigenvalue weighted by atomic mass is 16.4. The van der Waals surface area contributed by atoms with Gasteiger partial charge in [-0.25, -0.2) is 4.79 Å². The number of aliphatic carboxylic acids is 2. The molecule has 0 aromatic carbocycles. The van der Waals surface area contributed by atoms with Gasteiger partial charge in [-0.05, 0) is 37.6 Å². The van der Waals surface area contributed by atoms with E-state index in [4.69, 9.17) is 16.6 Å². The van der Waals surface area contributed by atoms with Gasteiger partial charge in [0.05, 0.1) is 12.5 Å². The number of rotatable bonds is 16. The van der Waals surface area contributed by atoms with Crippen molar-refractivity contribution in [3.8, 4) is 0 Å². The third-order valence-corrected chi connectivity index (χ3v) is 4.89. The molecule has 0 aliphatic heterocycles. The lowest BCUT2D eigenvalue weighted by Crippen LogP contribution is -2.58. The third kappa shape index (κ3) is 12.2. The van der Waals surface area contributed by atoms with Gasteiger partial charge in [-0.1, -0.05) is 34.1 Å². The summed E-state index contributed by atoms with van der Waals surface area (Å²) in [6, 6.07) is -4.69. The zero-order valence-electron chi connectivity index (χ0n) is 19.8. The minimum Gasteiger partial charge on any atom is -0.481 e. The molecule has 0 aromatic heterocycles. The van der Waals surface area contributed by atoms with Crippen LogP contribution >= 0.6 is 0 Å². The molecule has 0 bridgehead atoms. The molecule has 4 unspecified atom stereocenters. The largest absolute Gasteiger partial charge is 0.481 e. The first kappa shape index (κ1) is 30.3. The highest BCUT2D eigenvalue weighted by Gasteiger charge is 2.32. The minimum absolute atomic E-state index is 0.0152. The molecule has 0 saturated heterocycles. The molecule has 0 aliphatic carbocycles. The molecule has 0 heterocycles. The second-order valence-electron chi connectivity index (χ2n) is 8.81. The van der Waals surface area contributed by atoms with Crippen molar-refractivity contribution in [2.45, 2.75) is 84.0 Å². The maximum absolute atomic E-state index is 12.9. The lowest BCUT2D eigenvalue weighted by Gasteiger charge is -2.26. The Morgan fingerprint density at radius 1 is 0.818 bits per heavy atom. The van der Waals surface area contributed by atoms with E-state index < -0.39 is 66.2 Å². The van der Waals surface area contributed by atoms with Crippen molar-refractivity contribution in [1.29, 1.82) is 0 Å². The van der Waals surface area contributed by atoms with Crippen molar-refractivity contribution in [3.63, 3.8) is 0 Å². The highest BCUT2D eigenvalue weighted by molar-refractivity contribution is 5.95. The van der Waals surface area contributed by atoms with Gasteiger partial charge < -0.3 is 37.6 Å². The zero-order valence-corrected chi connectivity index (χ0v) is 19.8. The maximum atomic E-state index is 12.9. The predicted octanol–water partition coefficient (Wildman–Crippen LogP) is -0.841. The van der Waals surface area contributed by atoms with Gasteiger partial charge in [-0.3, -0.25) is 19.2 Å². The summed E-state index contributed by atoms with van der Waals surface area (Å²) >= 11 is 0. The normalized spacial score (nSPS) is 14.8. The molecule has 0 radical (unpaired) electrons. The summed E-state index contributed by atoms with van der Waals surface area (Å²) in [7, 11) is 0. The van der Waals surface area contributed by atoms with E-state index in [2.05, 4.69) is 16.0 Å². The fourth-order valence-corrected chi connectivity index (χ4v) is 3.04. The number of carbonyl (C=O) groups excluding carboxylic acids is 3. The van der Waals surface area contributed by atoms with E-state index in [1.165, 1.54) is 0 Å². The number of hydrogen-bond donors (Lipinski definition) is 7. The average molecular weight is 474 g/mol. The van der Waals surface area contributed by atoms with Crippen LogP contribution in [0.2, 0.25) is 0 Å². The van der Waals surface area contributed by atoms with Crippen LogP contribution in [0.4, 0.5) is 0 Å². The Morgan fingerprint density at radius 3 is 1.82 bits per heavy atom. The topological polar surface area (TPSA) is 214 Å². The summed E-state index contributed by atoms with van der Waals surface area (Å²) < 4.78 is 0. The summed E-state index contributed by atoms with van der Waals surface area (Å²) in [5, 5.41) is 25.6. The van der Waals surface area contributed by atoms with Gasteiger partial charge in [0.1, 0.15) is 18.1 Å². The van der Waals surface area contributed by atoms with Crippen LogP contribution in [0.15, 0.2) is 0 Å². The second kappa shape index (κ2) is 15.2. The number of nitrogens with two attached hydrogens (primary N) is 2.